The van der Waals surface area contributed by atoms with Gasteiger partial charge in [-0.15, -0.1) is 12.3 Å². The molecule has 0 aromatic rings. The summed E-state index contributed by atoms with van der Waals surface area (Å²) in [6, 6.07) is 1.36. The summed E-state index contributed by atoms with van der Waals surface area (Å²) < 4.78 is 0. The molecule has 0 atom stereocenters. The largest absolute Gasteiger partial charge is 0.302 e. The van der Waals surface area contributed by atoms with Crippen LogP contribution >= 0.6 is 0 Å². The van der Waals surface area contributed by atoms with E-state index in [0.29, 0.717) is 6.17 Å². The maximum absolute atomic E-state index is 3.77. The van der Waals surface area contributed by atoms with Gasteiger partial charge in [-0.2, -0.15) is 0 Å². The second-order valence-corrected chi connectivity index (χ2v) is 4.75. The molecule has 0 fully saturated rings. The quantitative estimate of drug-likeness (QED) is 0.330. The maximum Gasteiger partial charge on any atom is 0.0568 e. The normalized spacial score (nSPS) is 11.6. The lowest BCUT2D eigenvalue weighted by Gasteiger charge is -2.17. The third kappa shape index (κ3) is 6.58. The first-order valence-corrected chi connectivity index (χ1v) is 6.74. The highest BCUT2D eigenvalue weighted by atomic mass is 28.2. The van der Waals surface area contributed by atoms with E-state index in [4.69, 9.17) is 0 Å². The van der Waals surface area contributed by atoms with E-state index >= 15 is 0 Å². The Balaban J connectivity index is 3.40. The van der Waals surface area contributed by atoms with E-state index < -0.39 is 0 Å². The Morgan fingerprint density at radius 1 is 1.33 bits per heavy atom. The van der Waals surface area contributed by atoms with Gasteiger partial charge in [-0.25, -0.2) is 0 Å². The zero-order valence-electron chi connectivity index (χ0n) is 8.40. The minimum absolute atomic E-state index is 0.0288. The van der Waals surface area contributed by atoms with Gasteiger partial charge in [-0.1, -0.05) is 19.9 Å². The molecule has 0 heterocycles. The van der Waals surface area contributed by atoms with E-state index in [0.717, 1.165) is 13.1 Å². The van der Waals surface area contributed by atoms with Crippen LogP contribution in [-0.2, 0) is 0 Å². The van der Waals surface area contributed by atoms with E-state index in [-0.39, 0.29) is 9.52 Å². The van der Waals surface area contributed by atoms with Crippen molar-refractivity contribution in [1.29, 1.82) is 0 Å². The Kier molecular flexibility index (Phi) is 8.88. The summed E-state index contributed by atoms with van der Waals surface area (Å²) in [6.07, 6.45) is 1.77. The summed E-state index contributed by atoms with van der Waals surface area (Å²) in [7, 11) is 0.0288. The molecule has 0 saturated heterocycles. The molecule has 0 bridgehead atoms. The molecule has 0 aromatic carbocycles. The summed E-state index contributed by atoms with van der Waals surface area (Å²) in [5.41, 5.74) is 2.12. The van der Waals surface area contributed by atoms with Gasteiger partial charge in [-0.05, 0) is 19.5 Å². The number of rotatable bonds is 8. The Bertz CT molecular complexity index is 101. The summed E-state index contributed by atoms with van der Waals surface area (Å²) in [6.45, 7) is 10.2. The van der Waals surface area contributed by atoms with Crippen molar-refractivity contribution in [2.45, 2.75) is 32.5 Å². The van der Waals surface area contributed by atoms with Crippen LogP contribution < -0.4 is 10.6 Å². The van der Waals surface area contributed by atoms with Crippen molar-refractivity contribution in [2.75, 3.05) is 13.1 Å². The topological polar surface area (TPSA) is 24.1 Å². The van der Waals surface area contributed by atoms with Crippen molar-refractivity contribution in [2.24, 2.45) is 0 Å². The van der Waals surface area contributed by atoms with Crippen molar-refractivity contribution >= 4 is 9.52 Å². The fourth-order valence-corrected chi connectivity index (χ4v) is 2.17. The van der Waals surface area contributed by atoms with Crippen molar-refractivity contribution < 1.29 is 0 Å². The molecular formula is C9H22N2Si. The molecule has 0 rings (SSSR count). The second kappa shape index (κ2) is 8.97. The first kappa shape index (κ1) is 11.9. The highest BCUT2D eigenvalue weighted by Crippen LogP contribution is 1.94. The van der Waals surface area contributed by atoms with E-state index in [1.807, 2.05) is 0 Å². The molecule has 2 nitrogen and oxygen atoms in total. The molecule has 0 aliphatic heterocycles. The van der Waals surface area contributed by atoms with Gasteiger partial charge < -0.3 is 10.6 Å². The van der Waals surface area contributed by atoms with Gasteiger partial charge in [0.15, 0.2) is 0 Å². The lowest BCUT2D eigenvalue weighted by atomic mass is 10.3. The third-order valence-corrected chi connectivity index (χ3v) is 3.03. The molecule has 2 N–H and O–H groups in total. The van der Waals surface area contributed by atoms with Crippen LogP contribution in [-0.4, -0.2) is 28.8 Å². The van der Waals surface area contributed by atoms with Gasteiger partial charge in [0.1, 0.15) is 0 Å². The van der Waals surface area contributed by atoms with Crippen LogP contribution in [0.4, 0.5) is 0 Å². The molecule has 0 unspecified atom stereocenters. The number of hydrogen-bond donors (Lipinski definition) is 2. The zero-order chi connectivity index (χ0) is 9.23. The van der Waals surface area contributed by atoms with Gasteiger partial charge in [0.2, 0.25) is 0 Å². The van der Waals surface area contributed by atoms with E-state index in [1.165, 1.54) is 12.5 Å². The molecule has 72 valence electrons. The summed E-state index contributed by atoms with van der Waals surface area (Å²) >= 11 is 0. The maximum atomic E-state index is 3.77. The van der Waals surface area contributed by atoms with Crippen molar-refractivity contribution in [3.63, 3.8) is 0 Å². The molecule has 0 aliphatic rings. The Labute approximate surface area is 78.6 Å². The fourth-order valence-electron chi connectivity index (χ4n) is 1.24. The highest BCUT2D eigenvalue weighted by molar-refractivity contribution is 6.41. The SMILES string of the molecule is C=C[SiH2]CCC(NCC)NCC. The average molecular weight is 186 g/mol. The summed E-state index contributed by atoms with van der Waals surface area (Å²) in [5, 5.41) is 6.84. The minimum Gasteiger partial charge on any atom is -0.302 e. The number of nitrogens with one attached hydrogen (secondary N) is 2. The average Bonchev–Trinajstić information content (AvgIpc) is 2.06. The molecule has 3 heteroatoms. The van der Waals surface area contributed by atoms with Crippen LogP contribution in [0, 0.1) is 0 Å². The molecule has 0 aromatic heterocycles. The van der Waals surface area contributed by atoms with Crippen molar-refractivity contribution in [1.82, 2.24) is 10.6 Å². The van der Waals surface area contributed by atoms with Crippen LogP contribution in [0.2, 0.25) is 6.04 Å². The van der Waals surface area contributed by atoms with Crippen molar-refractivity contribution in [3.05, 3.63) is 12.3 Å². The lowest BCUT2D eigenvalue weighted by Crippen LogP contribution is -2.42. The van der Waals surface area contributed by atoms with Crippen molar-refractivity contribution in [3.8, 4) is 0 Å². The summed E-state index contributed by atoms with van der Waals surface area (Å²) in [4.78, 5) is 0. The molecule has 0 saturated carbocycles. The van der Waals surface area contributed by atoms with Gasteiger partial charge in [0.05, 0.1) is 6.17 Å². The van der Waals surface area contributed by atoms with Crippen LogP contribution in [0.25, 0.3) is 0 Å². The Hall–Kier alpha value is -0.123. The zero-order valence-corrected chi connectivity index (χ0v) is 9.81. The summed E-state index contributed by atoms with van der Waals surface area (Å²) in [5.74, 6) is 0. The standard InChI is InChI=1S/C9H22N2Si/c1-4-10-9(11-5-2)7-8-12-6-3/h6,9-11H,3-5,7-8,12H2,1-2H3. The van der Waals surface area contributed by atoms with Gasteiger partial charge >= 0.3 is 0 Å². The fraction of sp³-hybridized carbons (Fsp3) is 0.778. The highest BCUT2D eigenvalue weighted by Gasteiger charge is 2.02. The third-order valence-electron chi connectivity index (χ3n) is 1.80. The first-order valence-electron chi connectivity index (χ1n) is 4.92. The smallest absolute Gasteiger partial charge is 0.0568 e. The molecule has 0 aliphatic carbocycles. The predicted octanol–water partition coefficient (Wildman–Crippen LogP) is 0.652. The van der Waals surface area contributed by atoms with Gasteiger partial charge in [0, 0.05) is 9.52 Å². The Morgan fingerprint density at radius 3 is 2.33 bits per heavy atom. The van der Waals surface area contributed by atoms with Crippen LogP contribution in [0.3, 0.4) is 0 Å². The predicted molar refractivity (Wildman–Crippen MR) is 59.3 cm³/mol. The molecule has 12 heavy (non-hydrogen) atoms. The minimum atomic E-state index is 0.0288. The molecule has 0 amide bonds. The van der Waals surface area contributed by atoms with Gasteiger partial charge in [0.25, 0.3) is 0 Å². The van der Waals surface area contributed by atoms with Gasteiger partial charge in [-0.3, -0.25) is 0 Å². The second-order valence-electron chi connectivity index (χ2n) is 2.89. The molecule has 0 spiro atoms. The van der Waals surface area contributed by atoms with Crippen LogP contribution in [0.1, 0.15) is 20.3 Å². The van der Waals surface area contributed by atoms with E-state index in [1.54, 1.807) is 0 Å². The first-order chi connectivity index (χ1) is 5.85. The van der Waals surface area contributed by atoms with Crippen LogP contribution in [0.5, 0.6) is 0 Å². The number of hydrogen-bond acceptors (Lipinski definition) is 2. The molecular weight excluding hydrogens is 164 g/mol. The lowest BCUT2D eigenvalue weighted by molar-refractivity contribution is 0.432. The van der Waals surface area contributed by atoms with E-state index in [2.05, 4.69) is 36.8 Å². The Morgan fingerprint density at radius 2 is 1.92 bits per heavy atom. The monoisotopic (exact) mass is 186 g/mol. The van der Waals surface area contributed by atoms with Crippen LogP contribution in [0.15, 0.2) is 12.3 Å². The van der Waals surface area contributed by atoms with E-state index in [9.17, 15) is 0 Å². The molecule has 0 radical (unpaired) electrons.